The van der Waals surface area contributed by atoms with Gasteiger partial charge in [0.1, 0.15) is 0 Å². The van der Waals surface area contributed by atoms with Crippen molar-refractivity contribution in [3.05, 3.63) is 0 Å². The molecule has 0 saturated carbocycles. The van der Waals surface area contributed by atoms with Crippen molar-refractivity contribution >= 4 is 0 Å². The quantitative estimate of drug-likeness (QED) is 0.789. The Hall–Kier alpha value is -0.120. The molecule has 2 saturated heterocycles. The number of unbranched alkanes of at least 4 members (excludes halogenated alkanes) is 1. The van der Waals surface area contributed by atoms with E-state index in [-0.39, 0.29) is 0 Å². The Labute approximate surface area is 105 Å². The maximum Gasteiger partial charge on any atom is 0.0853 e. The Balaban J connectivity index is 2.09. The lowest BCUT2D eigenvalue weighted by Gasteiger charge is -2.50. The average Bonchev–Trinajstić information content (AvgIpc) is 2.52. The van der Waals surface area contributed by atoms with E-state index in [0.717, 1.165) is 32.1 Å². The minimum absolute atomic E-state index is 0.425. The van der Waals surface area contributed by atoms with Crippen molar-refractivity contribution < 1.29 is 5.11 Å². The molecule has 0 aromatic heterocycles. The molecule has 0 spiro atoms. The Morgan fingerprint density at radius 1 is 1.35 bits per heavy atom. The van der Waals surface area contributed by atoms with Gasteiger partial charge in [-0.25, -0.2) is 0 Å². The fraction of sp³-hybridized carbons (Fsp3) is 1.00. The predicted molar refractivity (Wildman–Crippen MR) is 70.9 cm³/mol. The lowest BCUT2D eigenvalue weighted by atomic mass is 9.70. The van der Waals surface area contributed by atoms with Crippen LogP contribution in [0.4, 0.5) is 0 Å². The van der Waals surface area contributed by atoms with Gasteiger partial charge >= 0.3 is 0 Å². The second kappa shape index (κ2) is 4.52. The molecule has 3 nitrogen and oxygen atoms in total. The standard InChI is InChI=1S/C14H28N2O/c1-4-5-8-13(2,15)14(17)9-11-6-7-12(10-14)16(11)3/h11-12,17H,4-10,15H2,1-3H3. The maximum atomic E-state index is 11.0. The summed E-state index contributed by atoms with van der Waals surface area (Å²) in [5.41, 5.74) is 5.36. The van der Waals surface area contributed by atoms with Crippen molar-refractivity contribution in [1.82, 2.24) is 4.90 Å². The van der Waals surface area contributed by atoms with Crippen LogP contribution in [-0.2, 0) is 0 Å². The molecule has 2 aliphatic rings. The van der Waals surface area contributed by atoms with E-state index in [9.17, 15) is 5.11 Å². The zero-order valence-electron chi connectivity index (χ0n) is 11.6. The first kappa shape index (κ1) is 13.3. The largest absolute Gasteiger partial charge is 0.388 e. The molecule has 3 unspecified atom stereocenters. The molecule has 3 atom stereocenters. The van der Waals surface area contributed by atoms with E-state index in [4.69, 9.17) is 5.73 Å². The minimum Gasteiger partial charge on any atom is -0.388 e. The molecule has 2 rings (SSSR count). The number of hydrogen-bond donors (Lipinski definition) is 2. The molecule has 17 heavy (non-hydrogen) atoms. The highest BCUT2D eigenvalue weighted by atomic mass is 16.3. The number of hydrogen-bond acceptors (Lipinski definition) is 3. The highest BCUT2D eigenvalue weighted by Crippen LogP contribution is 2.44. The van der Waals surface area contributed by atoms with Gasteiger partial charge in [-0.2, -0.15) is 0 Å². The van der Waals surface area contributed by atoms with Crippen molar-refractivity contribution in [1.29, 1.82) is 0 Å². The van der Waals surface area contributed by atoms with Crippen LogP contribution in [0.15, 0.2) is 0 Å². The monoisotopic (exact) mass is 240 g/mol. The predicted octanol–water partition coefficient (Wildman–Crippen LogP) is 1.88. The third kappa shape index (κ3) is 2.25. The summed E-state index contributed by atoms with van der Waals surface area (Å²) in [5, 5.41) is 11.0. The van der Waals surface area contributed by atoms with Crippen LogP contribution in [0.25, 0.3) is 0 Å². The number of fused-ring (bicyclic) bond motifs is 2. The summed E-state index contributed by atoms with van der Waals surface area (Å²) in [6.45, 7) is 4.23. The van der Waals surface area contributed by atoms with Crippen molar-refractivity contribution in [2.75, 3.05) is 7.05 Å². The van der Waals surface area contributed by atoms with Gasteiger partial charge in [-0.05, 0) is 46.1 Å². The van der Waals surface area contributed by atoms with Crippen molar-refractivity contribution in [3.63, 3.8) is 0 Å². The van der Waals surface area contributed by atoms with Gasteiger partial charge in [-0.15, -0.1) is 0 Å². The van der Waals surface area contributed by atoms with Gasteiger partial charge < -0.3 is 15.7 Å². The van der Waals surface area contributed by atoms with Crippen LogP contribution >= 0.6 is 0 Å². The van der Waals surface area contributed by atoms with Crippen LogP contribution in [0.1, 0.15) is 58.8 Å². The second-order valence-electron chi connectivity index (χ2n) is 6.51. The molecule has 0 aromatic rings. The highest BCUT2D eigenvalue weighted by Gasteiger charge is 2.53. The number of piperidine rings is 1. The number of nitrogens with two attached hydrogens (primary N) is 1. The molecule has 2 aliphatic heterocycles. The summed E-state index contributed by atoms with van der Waals surface area (Å²) in [6, 6.07) is 1.09. The molecule has 2 fully saturated rings. The second-order valence-corrected chi connectivity index (χ2v) is 6.51. The first-order valence-electron chi connectivity index (χ1n) is 7.13. The molecule has 3 heteroatoms. The fourth-order valence-electron chi connectivity index (χ4n) is 3.69. The lowest BCUT2D eigenvalue weighted by molar-refractivity contribution is -0.0955. The van der Waals surface area contributed by atoms with E-state index in [1.54, 1.807) is 0 Å². The Bertz CT molecular complexity index is 263. The Morgan fingerprint density at radius 3 is 2.35 bits per heavy atom. The van der Waals surface area contributed by atoms with Crippen molar-refractivity contribution in [2.45, 2.75) is 82.0 Å². The van der Waals surface area contributed by atoms with E-state index in [0.29, 0.717) is 12.1 Å². The van der Waals surface area contributed by atoms with Crippen LogP contribution < -0.4 is 5.73 Å². The molecule has 0 aromatic carbocycles. The van der Waals surface area contributed by atoms with Crippen LogP contribution in [-0.4, -0.2) is 40.3 Å². The Kier molecular flexibility index (Phi) is 3.54. The fourth-order valence-corrected chi connectivity index (χ4v) is 3.69. The zero-order valence-corrected chi connectivity index (χ0v) is 11.6. The lowest BCUT2D eigenvalue weighted by Crippen LogP contribution is -2.64. The molecule has 2 heterocycles. The normalized spacial score (nSPS) is 41.5. The highest BCUT2D eigenvalue weighted by molar-refractivity contribution is 5.10. The molecule has 0 aliphatic carbocycles. The van der Waals surface area contributed by atoms with Gasteiger partial charge in [0.15, 0.2) is 0 Å². The third-order valence-electron chi connectivity index (χ3n) is 5.24. The minimum atomic E-state index is -0.652. The van der Waals surface area contributed by atoms with Crippen LogP contribution in [0.2, 0.25) is 0 Å². The first-order chi connectivity index (χ1) is 7.89. The van der Waals surface area contributed by atoms with Gasteiger partial charge in [0.2, 0.25) is 0 Å². The first-order valence-corrected chi connectivity index (χ1v) is 7.13. The average molecular weight is 240 g/mol. The van der Waals surface area contributed by atoms with Crippen LogP contribution in [0, 0.1) is 0 Å². The maximum absolute atomic E-state index is 11.0. The van der Waals surface area contributed by atoms with Crippen LogP contribution in [0.3, 0.4) is 0 Å². The van der Waals surface area contributed by atoms with E-state index in [1.165, 1.54) is 12.8 Å². The molecule has 0 radical (unpaired) electrons. The molecule has 0 amide bonds. The van der Waals surface area contributed by atoms with Crippen molar-refractivity contribution in [2.24, 2.45) is 5.73 Å². The molecular weight excluding hydrogens is 212 g/mol. The van der Waals surface area contributed by atoms with Gasteiger partial charge in [-0.3, -0.25) is 0 Å². The third-order valence-corrected chi connectivity index (χ3v) is 5.24. The summed E-state index contributed by atoms with van der Waals surface area (Å²) in [5.74, 6) is 0. The van der Waals surface area contributed by atoms with Gasteiger partial charge in [-0.1, -0.05) is 19.8 Å². The van der Waals surface area contributed by atoms with Gasteiger partial charge in [0.05, 0.1) is 5.60 Å². The van der Waals surface area contributed by atoms with E-state index < -0.39 is 11.1 Å². The summed E-state index contributed by atoms with van der Waals surface area (Å²) in [4.78, 5) is 2.45. The molecule has 2 bridgehead atoms. The van der Waals surface area contributed by atoms with E-state index in [1.807, 2.05) is 6.92 Å². The molecule has 3 N–H and O–H groups in total. The van der Waals surface area contributed by atoms with Crippen LogP contribution in [0.5, 0.6) is 0 Å². The number of aliphatic hydroxyl groups is 1. The SMILES string of the molecule is CCCCC(C)(N)C1(O)CC2CCC(C1)N2C. The summed E-state index contributed by atoms with van der Waals surface area (Å²) >= 11 is 0. The zero-order chi connectivity index (χ0) is 12.7. The number of rotatable bonds is 4. The summed E-state index contributed by atoms with van der Waals surface area (Å²) in [6.07, 6.45) is 7.37. The van der Waals surface area contributed by atoms with Gasteiger partial charge in [0.25, 0.3) is 0 Å². The van der Waals surface area contributed by atoms with Crippen molar-refractivity contribution in [3.8, 4) is 0 Å². The van der Waals surface area contributed by atoms with E-state index >= 15 is 0 Å². The summed E-state index contributed by atoms with van der Waals surface area (Å²) < 4.78 is 0. The smallest absolute Gasteiger partial charge is 0.0853 e. The topological polar surface area (TPSA) is 49.5 Å². The molecule has 100 valence electrons. The number of nitrogens with zero attached hydrogens (tertiary/aromatic N) is 1. The van der Waals surface area contributed by atoms with Gasteiger partial charge in [0, 0.05) is 17.6 Å². The summed E-state index contributed by atoms with van der Waals surface area (Å²) in [7, 11) is 2.20. The van der Waals surface area contributed by atoms with E-state index in [2.05, 4.69) is 18.9 Å². The molecular formula is C14H28N2O. The Morgan fingerprint density at radius 2 is 1.88 bits per heavy atom.